The minimum atomic E-state index is -0.00609. The van der Waals surface area contributed by atoms with Gasteiger partial charge in [0.25, 0.3) is 0 Å². The fourth-order valence-corrected chi connectivity index (χ4v) is 3.11. The summed E-state index contributed by atoms with van der Waals surface area (Å²) in [7, 11) is 1.57. The van der Waals surface area contributed by atoms with Gasteiger partial charge in [-0.2, -0.15) is 0 Å². The number of anilines is 1. The predicted octanol–water partition coefficient (Wildman–Crippen LogP) is 2.06. The number of amides is 1. The van der Waals surface area contributed by atoms with Crippen molar-refractivity contribution in [1.29, 1.82) is 0 Å². The first kappa shape index (κ1) is 17.2. The Kier molecular flexibility index (Phi) is 5.82. The molecule has 132 valence electrons. The zero-order valence-electron chi connectivity index (χ0n) is 14.5. The average Bonchev–Trinajstić information content (AvgIpc) is 2.69. The number of rotatable bonds is 6. The van der Waals surface area contributed by atoms with E-state index in [4.69, 9.17) is 4.74 Å². The van der Waals surface area contributed by atoms with Crippen LogP contribution in [0.4, 0.5) is 5.82 Å². The molecule has 1 fully saturated rings. The van der Waals surface area contributed by atoms with E-state index in [1.54, 1.807) is 13.2 Å². The summed E-state index contributed by atoms with van der Waals surface area (Å²) in [5.41, 5.74) is 1.24. The van der Waals surface area contributed by atoms with Crippen LogP contribution in [-0.2, 0) is 11.2 Å². The second kappa shape index (κ2) is 8.46. The van der Waals surface area contributed by atoms with Gasteiger partial charge in [0.05, 0.1) is 13.0 Å². The van der Waals surface area contributed by atoms with Gasteiger partial charge in [-0.25, -0.2) is 0 Å². The lowest BCUT2D eigenvalue weighted by Crippen LogP contribution is -2.43. The lowest BCUT2D eigenvalue weighted by atomic mass is 9.97. The molecule has 0 aliphatic carbocycles. The maximum absolute atomic E-state index is 12.5. The number of hydrogen-bond donors (Lipinski definition) is 1. The number of aromatic nitrogens is 2. The topological polar surface area (TPSA) is 67.3 Å². The molecule has 1 atom stereocenters. The van der Waals surface area contributed by atoms with Crippen molar-refractivity contribution >= 4 is 11.7 Å². The van der Waals surface area contributed by atoms with Gasteiger partial charge in [0.15, 0.2) is 5.82 Å². The normalized spacial score (nSPS) is 17.2. The lowest BCUT2D eigenvalue weighted by molar-refractivity contribution is -0.125. The molecule has 6 nitrogen and oxygen atoms in total. The van der Waals surface area contributed by atoms with Crippen LogP contribution in [0.5, 0.6) is 5.88 Å². The van der Waals surface area contributed by atoms with Gasteiger partial charge in [0.2, 0.25) is 11.8 Å². The number of hydrogen-bond acceptors (Lipinski definition) is 5. The van der Waals surface area contributed by atoms with Crippen molar-refractivity contribution in [1.82, 2.24) is 15.5 Å². The largest absolute Gasteiger partial charge is 0.480 e. The summed E-state index contributed by atoms with van der Waals surface area (Å²) in [6.07, 6.45) is 2.74. The smallest absolute Gasteiger partial charge is 0.233 e. The van der Waals surface area contributed by atoms with Crippen LogP contribution in [0.2, 0.25) is 0 Å². The molecule has 0 spiro atoms. The number of carbonyl (C=O) groups excluding carboxylic acids is 1. The number of methoxy groups -OCH3 is 1. The van der Waals surface area contributed by atoms with Crippen molar-refractivity contribution in [2.75, 3.05) is 31.6 Å². The Morgan fingerprint density at radius 2 is 2.08 bits per heavy atom. The Labute approximate surface area is 148 Å². The van der Waals surface area contributed by atoms with E-state index in [9.17, 15) is 4.79 Å². The molecule has 3 rings (SSSR count). The molecule has 0 unspecified atom stereocenters. The van der Waals surface area contributed by atoms with Crippen LogP contribution in [0.1, 0.15) is 18.4 Å². The second-order valence-electron chi connectivity index (χ2n) is 6.25. The quantitative estimate of drug-likeness (QED) is 0.872. The second-order valence-corrected chi connectivity index (χ2v) is 6.25. The van der Waals surface area contributed by atoms with Crippen LogP contribution in [0.25, 0.3) is 0 Å². The monoisotopic (exact) mass is 340 g/mol. The molecule has 1 N–H and O–H groups in total. The molecule has 0 radical (unpaired) electrons. The van der Waals surface area contributed by atoms with Gasteiger partial charge in [-0.3, -0.25) is 4.79 Å². The fraction of sp³-hybridized carbons (Fsp3) is 0.421. The molecule has 25 heavy (non-hydrogen) atoms. The number of carbonyl (C=O) groups is 1. The van der Waals surface area contributed by atoms with Crippen molar-refractivity contribution < 1.29 is 9.53 Å². The molecule has 1 aromatic carbocycles. The van der Waals surface area contributed by atoms with E-state index >= 15 is 0 Å². The van der Waals surface area contributed by atoms with Gasteiger partial charge in [-0.15, -0.1) is 10.2 Å². The Morgan fingerprint density at radius 1 is 1.24 bits per heavy atom. The van der Waals surface area contributed by atoms with Crippen LogP contribution in [-0.4, -0.2) is 42.8 Å². The first-order valence-electron chi connectivity index (χ1n) is 8.70. The minimum absolute atomic E-state index is 0.00609. The highest BCUT2D eigenvalue weighted by Crippen LogP contribution is 2.22. The van der Waals surface area contributed by atoms with E-state index in [1.165, 1.54) is 5.56 Å². The van der Waals surface area contributed by atoms with Crippen molar-refractivity contribution in [3.05, 3.63) is 48.0 Å². The maximum Gasteiger partial charge on any atom is 0.233 e. The van der Waals surface area contributed by atoms with Crippen LogP contribution in [0, 0.1) is 5.92 Å². The van der Waals surface area contributed by atoms with Gasteiger partial charge in [0.1, 0.15) is 0 Å². The van der Waals surface area contributed by atoms with E-state index in [-0.39, 0.29) is 11.8 Å². The highest BCUT2D eigenvalue weighted by atomic mass is 16.5. The molecule has 1 aromatic heterocycles. The molecule has 0 bridgehead atoms. The number of nitrogens with one attached hydrogen (secondary N) is 1. The zero-order valence-corrected chi connectivity index (χ0v) is 14.5. The summed E-state index contributed by atoms with van der Waals surface area (Å²) in [6, 6.07) is 13.9. The van der Waals surface area contributed by atoms with E-state index in [1.807, 2.05) is 24.3 Å². The molecular formula is C19H24N4O2. The summed E-state index contributed by atoms with van der Waals surface area (Å²) in [4.78, 5) is 14.6. The highest BCUT2D eigenvalue weighted by molar-refractivity contribution is 5.79. The van der Waals surface area contributed by atoms with Gasteiger partial charge >= 0.3 is 0 Å². The molecule has 1 aliphatic heterocycles. The van der Waals surface area contributed by atoms with Crippen LogP contribution >= 0.6 is 0 Å². The summed E-state index contributed by atoms with van der Waals surface area (Å²) < 4.78 is 5.04. The third kappa shape index (κ3) is 4.68. The third-order valence-electron chi connectivity index (χ3n) is 4.51. The van der Waals surface area contributed by atoms with E-state index in [0.717, 1.165) is 31.6 Å². The van der Waals surface area contributed by atoms with Gasteiger partial charge < -0.3 is 15.0 Å². The average molecular weight is 340 g/mol. The van der Waals surface area contributed by atoms with E-state index < -0.39 is 0 Å². The molecule has 1 aliphatic rings. The van der Waals surface area contributed by atoms with Crippen molar-refractivity contribution in [3.63, 3.8) is 0 Å². The first-order valence-corrected chi connectivity index (χ1v) is 8.70. The molecule has 6 heteroatoms. The zero-order chi connectivity index (χ0) is 17.5. The van der Waals surface area contributed by atoms with Crippen molar-refractivity contribution in [3.8, 4) is 5.88 Å². The van der Waals surface area contributed by atoms with E-state index in [0.29, 0.717) is 19.0 Å². The third-order valence-corrected chi connectivity index (χ3v) is 4.51. The van der Waals surface area contributed by atoms with Gasteiger partial charge in [0, 0.05) is 25.7 Å². The lowest BCUT2D eigenvalue weighted by Gasteiger charge is -2.32. The van der Waals surface area contributed by atoms with Crippen LogP contribution in [0.3, 0.4) is 0 Å². The number of ether oxygens (including phenoxy) is 1. The maximum atomic E-state index is 12.5. The fourth-order valence-electron chi connectivity index (χ4n) is 3.11. The summed E-state index contributed by atoms with van der Waals surface area (Å²) >= 11 is 0. The van der Waals surface area contributed by atoms with Crippen LogP contribution in [0.15, 0.2) is 42.5 Å². The highest BCUT2D eigenvalue weighted by Gasteiger charge is 2.26. The Bertz CT molecular complexity index is 676. The first-order chi connectivity index (χ1) is 12.3. The molecule has 1 amide bonds. The number of benzene rings is 1. The Hall–Kier alpha value is -2.63. The molecule has 2 aromatic rings. The van der Waals surface area contributed by atoms with Crippen LogP contribution < -0.4 is 15.0 Å². The molecule has 0 saturated carbocycles. The van der Waals surface area contributed by atoms with Gasteiger partial charge in [-0.1, -0.05) is 30.3 Å². The molecule has 2 heterocycles. The van der Waals surface area contributed by atoms with Gasteiger partial charge in [-0.05, 0) is 30.9 Å². The predicted molar refractivity (Wildman–Crippen MR) is 96.7 cm³/mol. The van der Waals surface area contributed by atoms with Crippen molar-refractivity contribution in [2.45, 2.75) is 19.3 Å². The molecular weight excluding hydrogens is 316 g/mol. The number of nitrogens with zero attached hydrogens (tertiary/aromatic N) is 3. The number of piperidine rings is 1. The minimum Gasteiger partial charge on any atom is -0.480 e. The SMILES string of the molecule is COc1ccc(N2CCC[C@H](C(=O)NCCc3ccccc3)C2)nn1. The molecule has 1 saturated heterocycles. The Balaban J connectivity index is 1.50. The van der Waals surface area contributed by atoms with E-state index in [2.05, 4.69) is 32.5 Å². The summed E-state index contributed by atoms with van der Waals surface area (Å²) in [5.74, 6) is 1.41. The van der Waals surface area contributed by atoms with Crippen molar-refractivity contribution in [2.24, 2.45) is 5.92 Å². The summed E-state index contributed by atoms with van der Waals surface area (Å²) in [6.45, 7) is 2.24. The Morgan fingerprint density at radius 3 is 2.80 bits per heavy atom. The standard InChI is InChI=1S/C19H24N4O2/c1-25-18-10-9-17(21-22-18)23-13-5-8-16(14-23)19(24)20-12-11-15-6-3-2-4-7-15/h2-4,6-7,9-10,16H,5,8,11-14H2,1H3,(H,20,24)/t16-/m0/s1. The summed E-state index contributed by atoms with van der Waals surface area (Å²) in [5, 5.41) is 11.3.